The molecule has 2 aliphatic rings. The number of rotatable bonds is 7. The summed E-state index contributed by atoms with van der Waals surface area (Å²) in [7, 11) is 0. The number of ether oxygens (including phenoxy) is 1. The Hall–Kier alpha value is -2.27. The highest BCUT2D eigenvalue weighted by atomic mass is 16.5. The molecule has 0 aliphatic carbocycles. The minimum atomic E-state index is -0.179. The van der Waals surface area contributed by atoms with Gasteiger partial charge in [-0.3, -0.25) is 9.69 Å². The van der Waals surface area contributed by atoms with Crippen LogP contribution in [0.1, 0.15) is 19.7 Å². The van der Waals surface area contributed by atoms with E-state index >= 15 is 0 Å². The number of nitrogens with zero attached hydrogens (tertiary/aromatic N) is 6. The van der Waals surface area contributed by atoms with E-state index in [4.69, 9.17) is 4.74 Å². The van der Waals surface area contributed by atoms with Crippen molar-refractivity contribution in [3.05, 3.63) is 5.82 Å². The molecule has 0 aromatic carbocycles. The summed E-state index contributed by atoms with van der Waals surface area (Å²) < 4.78 is 7.24. The SMILES string of the molecule is C[C@@H]1CN(Cc2nnnn2CC(=O)NCCN2CCNC2=O)C[C@H](C)O1. The van der Waals surface area contributed by atoms with Gasteiger partial charge in [0.05, 0.1) is 18.8 Å². The topological polar surface area (TPSA) is 118 Å². The van der Waals surface area contributed by atoms with Gasteiger partial charge < -0.3 is 20.3 Å². The van der Waals surface area contributed by atoms with Crippen LogP contribution in [0.15, 0.2) is 0 Å². The minimum Gasteiger partial charge on any atom is -0.373 e. The number of carbonyl (C=O) groups is 2. The predicted molar refractivity (Wildman–Crippen MR) is 91.1 cm³/mol. The molecule has 26 heavy (non-hydrogen) atoms. The molecule has 3 rings (SSSR count). The number of tetrazole rings is 1. The van der Waals surface area contributed by atoms with Gasteiger partial charge in [-0.05, 0) is 24.3 Å². The number of amides is 3. The third-order valence-corrected chi connectivity index (χ3v) is 4.41. The third kappa shape index (κ3) is 4.88. The van der Waals surface area contributed by atoms with Crippen molar-refractivity contribution >= 4 is 11.9 Å². The zero-order valence-corrected chi connectivity index (χ0v) is 15.2. The summed E-state index contributed by atoms with van der Waals surface area (Å²) >= 11 is 0. The maximum absolute atomic E-state index is 12.1. The molecule has 2 atom stereocenters. The Morgan fingerprint density at radius 1 is 1.35 bits per heavy atom. The van der Waals surface area contributed by atoms with Crippen LogP contribution in [0.5, 0.6) is 0 Å². The monoisotopic (exact) mass is 366 g/mol. The van der Waals surface area contributed by atoms with Crippen LogP contribution in [-0.2, 0) is 22.6 Å². The number of carbonyl (C=O) groups excluding carboxylic acids is 2. The Balaban J connectivity index is 1.45. The van der Waals surface area contributed by atoms with Crippen LogP contribution in [0, 0.1) is 0 Å². The van der Waals surface area contributed by atoms with E-state index in [-0.39, 0.29) is 30.7 Å². The molecule has 2 aliphatic heterocycles. The first kappa shape index (κ1) is 18.5. The molecule has 0 unspecified atom stereocenters. The van der Waals surface area contributed by atoms with Crippen molar-refractivity contribution in [3.8, 4) is 0 Å². The summed E-state index contributed by atoms with van der Waals surface area (Å²) in [6.45, 7) is 8.55. The fourth-order valence-corrected chi connectivity index (χ4v) is 3.32. The molecule has 0 spiro atoms. The molecule has 11 nitrogen and oxygen atoms in total. The van der Waals surface area contributed by atoms with Gasteiger partial charge in [-0.25, -0.2) is 9.48 Å². The molecule has 2 fully saturated rings. The van der Waals surface area contributed by atoms with E-state index in [2.05, 4.69) is 31.1 Å². The van der Waals surface area contributed by atoms with Crippen molar-refractivity contribution in [1.29, 1.82) is 0 Å². The lowest BCUT2D eigenvalue weighted by molar-refractivity contribution is -0.122. The van der Waals surface area contributed by atoms with Crippen molar-refractivity contribution in [1.82, 2.24) is 40.6 Å². The van der Waals surface area contributed by atoms with E-state index in [0.717, 1.165) is 13.1 Å². The Kier molecular flexibility index (Phi) is 5.99. The van der Waals surface area contributed by atoms with Crippen LogP contribution in [0.25, 0.3) is 0 Å². The fourth-order valence-electron chi connectivity index (χ4n) is 3.32. The van der Waals surface area contributed by atoms with E-state index in [1.807, 2.05) is 13.8 Å². The van der Waals surface area contributed by atoms with Crippen molar-refractivity contribution in [2.75, 3.05) is 39.3 Å². The van der Waals surface area contributed by atoms with Crippen molar-refractivity contribution in [3.63, 3.8) is 0 Å². The van der Waals surface area contributed by atoms with Gasteiger partial charge in [0, 0.05) is 39.3 Å². The molecule has 3 amide bonds. The highest BCUT2D eigenvalue weighted by Crippen LogP contribution is 2.12. The van der Waals surface area contributed by atoms with Gasteiger partial charge in [0.25, 0.3) is 0 Å². The molecule has 2 N–H and O–H groups in total. The molecule has 144 valence electrons. The van der Waals surface area contributed by atoms with Gasteiger partial charge in [0.2, 0.25) is 5.91 Å². The first-order valence-electron chi connectivity index (χ1n) is 8.93. The Bertz CT molecular complexity index is 626. The molecular formula is C15H26N8O3. The van der Waals surface area contributed by atoms with Crippen molar-refractivity contribution in [2.45, 2.75) is 39.1 Å². The average molecular weight is 366 g/mol. The van der Waals surface area contributed by atoms with Gasteiger partial charge in [-0.1, -0.05) is 0 Å². The van der Waals surface area contributed by atoms with Crippen LogP contribution >= 0.6 is 0 Å². The molecule has 11 heteroatoms. The van der Waals surface area contributed by atoms with Gasteiger partial charge in [0.1, 0.15) is 6.54 Å². The summed E-state index contributed by atoms with van der Waals surface area (Å²) in [5.74, 6) is 0.474. The van der Waals surface area contributed by atoms with Gasteiger partial charge in [0.15, 0.2) is 5.82 Å². The van der Waals surface area contributed by atoms with Gasteiger partial charge in [-0.2, -0.15) is 0 Å². The number of hydrogen-bond acceptors (Lipinski definition) is 7. The van der Waals surface area contributed by atoms with Gasteiger partial charge >= 0.3 is 6.03 Å². The summed E-state index contributed by atoms with van der Waals surface area (Å²) in [4.78, 5) is 27.5. The van der Waals surface area contributed by atoms with Gasteiger partial charge in [-0.15, -0.1) is 5.10 Å². The molecule has 3 heterocycles. The Morgan fingerprint density at radius 3 is 2.81 bits per heavy atom. The van der Waals surface area contributed by atoms with E-state index < -0.39 is 0 Å². The molecule has 1 aromatic heterocycles. The zero-order valence-electron chi connectivity index (χ0n) is 15.2. The first-order valence-corrected chi connectivity index (χ1v) is 8.93. The summed E-state index contributed by atoms with van der Waals surface area (Å²) in [6, 6.07) is -0.0871. The average Bonchev–Trinajstić information content (AvgIpc) is 3.16. The predicted octanol–water partition coefficient (Wildman–Crippen LogP) is -1.58. The second-order valence-electron chi connectivity index (χ2n) is 6.77. The second-order valence-corrected chi connectivity index (χ2v) is 6.77. The number of nitrogens with one attached hydrogen (secondary N) is 2. The summed E-state index contributed by atoms with van der Waals surface area (Å²) in [5, 5.41) is 17.2. The van der Waals surface area contributed by atoms with E-state index in [9.17, 15) is 9.59 Å². The molecule has 0 bridgehead atoms. The molecule has 0 radical (unpaired) electrons. The molecular weight excluding hydrogens is 340 g/mol. The molecule has 0 saturated carbocycles. The number of hydrogen-bond donors (Lipinski definition) is 2. The fraction of sp³-hybridized carbons (Fsp3) is 0.800. The van der Waals surface area contributed by atoms with Crippen LogP contribution < -0.4 is 10.6 Å². The number of aromatic nitrogens is 4. The maximum Gasteiger partial charge on any atom is 0.317 e. The molecule has 2 saturated heterocycles. The first-order chi connectivity index (χ1) is 12.5. The molecule has 1 aromatic rings. The van der Waals surface area contributed by atoms with Crippen molar-refractivity contribution < 1.29 is 14.3 Å². The minimum absolute atomic E-state index is 0.0595. The lowest BCUT2D eigenvalue weighted by Gasteiger charge is -2.34. The summed E-state index contributed by atoms with van der Waals surface area (Å²) in [6.07, 6.45) is 0.323. The van der Waals surface area contributed by atoms with Crippen LogP contribution in [0.2, 0.25) is 0 Å². The van der Waals surface area contributed by atoms with Crippen LogP contribution in [-0.4, -0.2) is 93.4 Å². The lowest BCUT2D eigenvalue weighted by atomic mass is 10.2. The van der Waals surface area contributed by atoms with E-state index in [0.29, 0.717) is 38.5 Å². The highest BCUT2D eigenvalue weighted by Gasteiger charge is 2.24. The van der Waals surface area contributed by atoms with Crippen LogP contribution in [0.4, 0.5) is 4.79 Å². The maximum atomic E-state index is 12.1. The third-order valence-electron chi connectivity index (χ3n) is 4.41. The Labute approximate surface area is 152 Å². The van der Waals surface area contributed by atoms with Crippen molar-refractivity contribution in [2.24, 2.45) is 0 Å². The summed E-state index contributed by atoms with van der Waals surface area (Å²) in [5.41, 5.74) is 0. The van der Waals surface area contributed by atoms with E-state index in [1.165, 1.54) is 4.68 Å². The lowest BCUT2D eigenvalue weighted by Crippen LogP contribution is -2.45. The normalized spacial score (nSPS) is 23.9. The second kappa shape index (κ2) is 8.41. The zero-order chi connectivity index (χ0) is 18.5. The number of urea groups is 1. The smallest absolute Gasteiger partial charge is 0.317 e. The quantitative estimate of drug-likeness (QED) is 0.598. The number of morpholine rings is 1. The highest BCUT2D eigenvalue weighted by molar-refractivity contribution is 5.77. The van der Waals surface area contributed by atoms with Crippen LogP contribution in [0.3, 0.4) is 0 Å². The van der Waals surface area contributed by atoms with E-state index in [1.54, 1.807) is 4.90 Å². The largest absolute Gasteiger partial charge is 0.373 e. The Morgan fingerprint density at radius 2 is 2.12 bits per heavy atom. The standard InChI is InChI=1S/C15H26N8O3/c1-11-7-21(8-12(2)26-11)9-13-18-19-20-23(13)10-14(24)16-3-5-22-6-4-17-15(22)25/h11-12H,3-10H2,1-2H3,(H,16,24)(H,17,25)/t11-,12+.